The quantitative estimate of drug-likeness (QED) is 0.714. The number of carbonyl (C=O) groups excluding carboxylic acids is 1. The van der Waals surface area contributed by atoms with Crippen molar-refractivity contribution >= 4 is 11.9 Å². The first-order valence-electron chi connectivity index (χ1n) is 6.02. The summed E-state index contributed by atoms with van der Waals surface area (Å²) in [6, 6.07) is 1.16. The van der Waals surface area contributed by atoms with Gasteiger partial charge in [-0.3, -0.25) is 18.7 Å². The molecule has 0 saturated heterocycles. The van der Waals surface area contributed by atoms with Gasteiger partial charge in [0, 0.05) is 19.3 Å². The summed E-state index contributed by atoms with van der Waals surface area (Å²) in [5, 5.41) is 11.4. The summed E-state index contributed by atoms with van der Waals surface area (Å²) in [6.07, 6.45) is 1.41. The average Bonchev–Trinajstić information content (AvgIpc) is 2.39. The number of carboxylic acid groups (broad SMARTS) is 1. The third-order valence-electron chi connectivity index (χ3n) is 3.17. The van der Waals surface area contributed by atoms with E-state index in [1.54, 1.807) is 6.92 Å². The smallest absolute Gasteiger partial charge is 0.331 e. The lowest BCUT2D eigenvalue weighted by atomic mass is 9.99. The van der Waals surface area contributed by atoms with Gasteiger partial charge < -0.3 is 10.4 Å². The Morgan fingerprint density at radius 3 is 2.50 bits per heavy atom. The Balaban J connectivity index is 2.93. The van der Waals surface area contributed by atoms with E-state index in [4.69, 9.17) is 5.11 Å². The van der Waals surface area contributed by atoms with Gasteiger partial charge in [0.1, 0.15) is 12.1 Å². The maximum atomic E-state index is 11.8. The maximum absolute atomic E-state index is 11.8. The lowest BCUT2D eigenvalue weighted by Gasteiger charge is -2.24. The minimum Gasteiger partial charge on any atom is -0.480 e. The highest BCUT2D eigenvalue weighted by Gasteiger charge is 2.32. The van der Waals surface area contributed by atoms with Crippen LogP contribution in [0.2, 0.25) is 0 Å². The summed E-state index contributed by atoms with van der Waals surface area (Å²) in [7, 11) is 1.30. The number of aliphatic carboxylic acids is 1. The minimum atomic E-state index is -1.39. The molecule has 0 fully saturated rings. The summed E-state index contributed by atoms with van der Waals surface area (Å²) in [6.45, 7) is 2.67. The first-order valence-corrected chi connectivity index (χ1v) is 6.02. The van der Waals surface area contributed by atoms with Gasteiger partial charge in [-0.25, -0.2) is 9.59 Å². The van der Waals surface area contributed by atoms with Gasteiger partial charge in [-0.2, -0.15) is 0 Å². The van der Waals surface area contributed by atoms with Gasteiger partial charge in [0.2, 0.25) is 5.91 Å². The van der Waals surface area contributed by atoms with Gasteiger partial charge in [0.05, 0.1) is 0 Å². The van der Waals surface area contributed by atoms with Gasteiger partial charge in [-0.15, -0.1) is 0 Å². The summed E-state index contributed by atoms with van der Waals surface area (Å²) in [5.41, 5.74) is -2.50. The van der Waals surface area contributed by atoms with Gasteiger partial charge in [0.15, 0.2) is 0 Å². The number of hydrogen-bond donors (Lipinski definition) is 2. The van der Waals surface area contributed by atoms with Crippen LogP contribution in [0.5, 0.6) is 0 Å². The Labute approximate surface area is 114 Å². The van der Waals surface area contributed by atoms with Crippen molar-refractivity contribution in [3.05, 3.63) is 33.1 Å². The molecule has 1 amide bonds. The van der Waals surface area contributed by atoms with Gasteiger partial charge in [-0.05, 0) is 13.3 Å². The van der Waals surface area contributed by atoms with E-state index in [9.17, 15) is 19.2 Å². The first-order chi connectivity index (χ1) is 9.21. The van der Waals surface area contributed by atoms with Crippen molar-refractivity contribution in [2.45, 2.75) is 32.4 Å². The third kappa shape index (κ3) is 3.14. The first kappa shape index (κ1) is 15.7. The predicted molar refractivity (Wildman–Crippen MR) is 70.4 cm³/mol. The summed E-state index contributed by atoms with van der Waals surface area (Å²) in [5.74, 6) is -1.77. The van der Waals surface area contributed by atoms with Crippen LogP contribution in [0.1, 0.15) is 20.3 Å². The van der Waals surface area contributed by atoms with Crippen molar-refractivity contribution in [2.24, 2.45) is 7.05 Å². The second-order valence-corrected chi connectivity index (χ2v) is 4.66. The van der Waals surface area contributed by atoms with Crippen LogP contribution in [0.25, 0.3) is 0 Å². The Bertz CT molecular complexity index is 645. The molecule has 1 unspecified atom stereocenters. The van der Waals surface area contributed by atoms with Crippen LogP contribution in [-0.2, 0) is 23.2 Å². The maximum Gasteiger partial charge on any atom is 0.331 e. The molecule has 2 N–H and O–H groups in total. The third-order valence-corrected chi connectivity index (χ3v) is 3.17. The molecular weight excluding hydrogens is 266 g/mol. The molecule has 0 aromatic carbocycles. The molecule has 1 aromatic heterocycles. The molecule has 0 aliphatic rings. The largest absolute Gasteiger partial charge is 0.480 e. The van der Waals surface area contributed by atoms with Crippen molar-refractivity contribution in [2.75, 3.05) is 0 Å². The van der Waals surface area contributed by atoms with Crippen molar-refractivity contribution in [1.82, 2.24) is 14.5 Å². The number of amides is 1. The van der Waals surface area contributed by atoms with Crippen molar-refractivity contribution in [1.29, 1.82) is 0 Å². The van der Waals surface area contributed by atoms with Crippen LogP contribution in [0.3, 0.4) is 0 Å². The van der Waals surface area contributed by atoms with E-state index in [1.165, 1.54) is 20.2 Å². The van der Waals surface area contributed by atoms with Crippen LogP contribution < -0.4 is 16.6 Å². The second kappa shape index (κ2) is 5.72. The Morgan fingerprint density at radius 2 is 2.00 bits per heavy atom. The fourth-order valence-electron chi connectivity index (χ4n) is 1.53. The van der Waals surface area contributed by atoms with E-state index >= 15 is 0 Å². The Morgan fingerprint density at radius 1 is 1.40 bits per heavy atom. The molecule has 1 heterocycles. The highest BCUT2D eigenvalue weighted by molar-refractivity contribution is 5.86. The number of carboxylic acids is 1. The van der Waals surface area contributed by atoms with Gasteiger partial charge in [0.25, 0.3) is 5.56 Å². The Hall–Kier alpha value is -2.38. The zero-order chi connectivity index (χ0) is 15.5. The van der Waals surface area contributed by atoms with Gasteiger partial charge in [-0.1, -0.05) is 6.92 Å². The molecule has 1 atom stereocenters. The molecule has 8 nitrogen and oxygen atoms in total. The van der Waals surface area contributed by atoms with Crippen molar-refractivity contribution < 1.29 is 14.7 Å². The molecule has 0 aliphatic heterocycles. The average molecular weight is 283 g/mol. The van der Waals surface area contributed by atoms with E-state index in [1.807, 2.05) is 0 Å². The molecule has 0 spiro atoms. The van der Waals surface area contributed by atoms with E-state index in [2.05, 4.69) is 5.32 Å². The summed E-state index contributed by atoms with van der Waals surface area (Å²) in [4.78, 5) is 45.8. The SMILES string of the molecule is CCC(C)(NC(=O)Cn1ccc(=O)n(C)c1=O)C(=O)O. The van der Waals surface area contributed by atoms with Crippen molar-refractivity contribution in [3.63, 3.8) is 0 Å². The molecule has 1 aromatic rings. The van der Waals surface area contributed by atoms with E-state index < -0.39 is 28.7 Å². The van der Waals surface area contributed by atoms with E-state index in [-0.39, 0.29) is 13.0 Å². The van der Waals surface area contributed by atoms with E-state index in [0.717, 1.165) is 15.2 Å². The standard InChI is InChI=1S/C12H17N3O5/c1-4-12(2,10(18)19)13-8(16)7-15-6-5-9(17)14(3)11(15)20/h5-6H,4,7H2,1-3H3,(H,13,16)(H,18,19). The highest BCUT2D eigenvalue weighted by atomic mass is 16.4. The number of rotatable bonds is 5. The molecule has 0 bridgehead atoms. The van der Waals surface area contributed by atoms with Crippen LogP contribution in [0.4, 0.5) is 0 Å². The minimum absolute atomic E-state index is 0.205. The van der Waals surface area contributed by atoms with Crippen molar-refractivity contribution in [3.8, 4) is 0 Å². The molecule has 0 saturated carbocycles. The van der Waals surface area contributed by atoms with Crippen LogP contribution in [0.15, 0.2) is 21.9 Å². The number of nitrogens with one attached hydrogen (secondary N) is 1. The second-order valence-electron chi connectivity index (χ2n) is 4.66. The molecule has 8 heteroatoms. The zero-order valence-electron chi connectivity index (χ0n) is 11.5. The van der Waals surface area contributed by atoms with E-state index in [0.29, 0.717) is 0 Å². The molecule has 0 aliphatic carbocycles. The number of carbonyl (C=O) groups is 2. The lowest BCUT2D eigenvalue weighted by Crippen LogP contribution is -2.53. The molecule has 1 rings (SSSR count). The highest BCUT2D eigenvalue weighted by Crippen LogP contribution is 2.08. The van der Waals surface area contributed by atoms with Gasteiger partial charge >= 0.3 is 11.7 Å². The van der Waals surface area contributed by atoms with Crippen LogP contribution in [0, 0.1) is 0 Å². The predicted octanol–water partition coefficient (Wildman–Crippen LogP) is -1.08. The van der Waals surface area contributed by atoms with Crippen LogP contribution >= 0.6 is 0 Å². The fourth-order valence-corrected chi connectivity index (χ4v) is 1.53. The normalized spacial score (nSPS) is 13.6. The molecule has 0 radical (unpaired) electrons. The summed E-state index contributed by atoms with van der Waals surface area (Å²) >= 11 is 0. The lowest BCUT2D eigenvalue weighted by molar-refractivity contribution is -0.147. The molecular formula is C12H17N3O5. The number of aromatic nitrogens is 2. The number of hydrogen-bond acceptors (Lipinski definition) is 4. The summed E-state index contributed by atoms with van der Waals surface area (Å²) < 4.78 is 1.90. The van der Waals surface area contributed by atoms with Crippen LogP contribution in [-0.4, -0.2) is 31.7 Å². The monoisotopic (exact) mass is 283 g/mol. The fraction of sp³-hybridized carbons (Fsp3) is 0.500. The zero-order valence-corrected chi connectivity index (χ0v) is 11.5. The molecule has 110 valence electrons. The molecule has 20 heavy (non-hydrogen) atoms. The topological polar surface area (TPSA) is 110 Å². The Kier molecular flexibility index (Phi) is 4.49. The number of nitrogens with zero attached hydrogens (tertiary/aromatic N) is 2.